The second kappa shape index (κ2) is 7.90. The Morgan fingerprint density at radius 3 is 2.82 bits per heavy atom. The summed E-state index contributed by atoms with van der Waals surface area (Å²) in [5.41, 5.74) is 3.49. The van der Waals surface area contributed by atoms with E-state index < -0.39 is 0 Å². The molecule has 0 aromatic carbocycles. The molecule has 0 spiro atoms. The van der Waals surface area contributed by atoms with Gasteiger partial charge in [0.25, 0.3) is 5.56 Å². The fraction of sp³-hybridized carbons (Fsp3) is 0.706. The van der Waals surface area contributed by atoms with E-state index in [-0.39, 0.29) is 5.56 Å². The summed E-state index contributed by atoms with van der Waals surface area (Å²) in [6, 6.07) is 2.48. The summed E-state index contributed by atoms with van der Waals surface area (Å²) in [5.74, 6) is 0. The van der Waals surface area contributed by atoms with E-state index in [4.69, 9.17) is 4.74 Å². The summed E-state index contributed by atoms with van der Waals surface area (Å²) in [4.78, 5) is 15.2. The van der Waals surface area contributed by atoms with Crippen LogP contribution in [-0.2, 0) is 30.8 Å². The van der Waals surface area contributed by atoms with Gasteiger partial charge in [-0.1, -0.05) is 20.8 Å². The fourth-order valence-electron chi connectivity index (χ4n) is 2.97. The molecule has 2 heterocycles. The van der Waals surface area contributed by atoms with Crippen LogP contribution >= 0.6 is 0 Å². The van der Waals surface area contributed by atoms with Crippen LogP contribution in [0.15, 0.2) is 10.9 Å². The highest BCUT2D eigenvalue weighted by molar-refractivity contribution is 5.29. The normalized spacial score (nSPS) is 15.3. The van der Waals surface area contributed by atoms with Gasteiger partial charge in [-0.15, -0.1) is 0 Å². The highest BCUT2D eigenvalue weighted by Crippen LogP contribution is 2.18. The van der Waals surface area contributed by atoms with E-state index >= 15 is 0 Å². The lowest BCUT2D eigenvalue weighted by Gasteiger charge is -2.30. The minimum absolute atomic E-state index is 0.133. The molecule has 0 aliphatic carbocycles. The van der Waals surface area contributed by atoms with Crippen LogP contribution in [0, 0.1) is 0 Å². The quantitative estimate of drug-likeness (QED) is 0.826. The van der Waals surface area contributed by atoms with Gasteiger partial charge in [0.1, 0.15) is 0 Å². The monoisotopic (exact) mass is 307 g/mol. The van der Waals surface area contributed by atoms with Crippen molar-refractivity contribution in [1.82, 2.24) is 14.8 Å². The number of nitrogens with zero attached hydrogens (tertiary/aromatic N) is 2. The van der Waals surface area contributed by atoms with Gasteiger partial charge < -0.3 is 14.6 Å². The van der Waals surface area contributed by atoms with E-state index in [2.05, 4.69) is 37.1 Å². The van der Waals surface area contributed by atoms with Crippen LogP contribution in [0.2, 0.25) is 0 Å². The minimum Gasteiger partial charge on any atom is -0.383 e. The Balaban J connectivity index is 2.37. The molecule has 1 aliphatic rings. The summed E-state index contributed by atoms with van der Waals surface area (Å²) in [7, 11) is 1.68. The molecule has 0 bridgehead atoms. The third kappa shape index (κ3) is 3.97. The molecule has 0 radical (unpaired) electrons. The zero-order valence-corrected chi connectivity index (χ0v) is 14.3. The van der Waals surface area contributed by atoms with E-state index in [1.807, 2.05) is 4.57 Å². The largest absolute Gasteiger partial charge is 0.383 e. The standard InChI is InChI=1S/C17H29N3O2/c1-5-19-7-6-16-15(12-19)10-14(11-18-13(2)3)17(21)20(16)8-9-22-4/h10,13,18H,5-9,11-12H2,1-4H3. The Kier molecular flexibility index (Phi) is 6.17. The van der Waals surface area contributed by atoms with Crippen LogP contribution in [-0.4, -0.2) is 42.3 Å². The molecule has 0 unspecified atom stereocenters. The molecule has 1 aromatic rings. The number of hydrogen-bond donors (Lipinski definition) is 1. The highest BCUT2D eigenvalue weighted by atomic mass is 16.5. The second-order valence-electron chi connectivity index (χ2n) is 6.25. The zero-order valence-electron chi connectivity index (χ0n) is 14.3. The van der Waals surface area contributed by atoms with E-state index in [1.54, 1.807) is 7.11 Å². The number of rotatable bonds is 7. The lowest BCUT2D eigenvalue weighted by molar-refractivity contribution is 0.183. The van der Waals surface area contributed by atoms with Gasteiger partial charge in [0, 0.05) is 57.0 Å². The Labute approximate surface area is 133 Å². The Bertz CT molecular complexity index is 552. The zero-order chi connectivity index (χ0) is 16.1. The number of pyridine rings is 1. The number of methoxy groups -OCH3 is 1. The van der Waals surface area contributed by atoms with Gasteiger partial charge in [-0.2, -0.15) is 0 Å². The predicted octanol–water partition coefficient (Wildman–Crippen LogP) is 1.37. The van der Waals surface area contributed by atoms with Crippen molar-refractivity contribution in [3.8, 4) is 0 Å². The van der Waals surface area contributed by atoms with Gasteiger partial charge >= 0.3 is 0 Å². The number of nitrogens with one attached hydrogen (secondary N) is 1. The van der Waals surface area contributed by atoms with Crippen LogP contribution in [0.4, 0.5) is 0 Å². The van der Waals surface area contributed by atoms with E-state index in [9.17, 15) is 4.79 Å². The number of aromatic nitrogens is 1. The van der Waals surface area contributed by atoms with Gasteiger partial charge in [0.2, 0.25) is 0 Å². The van der Waals surface area contributed by atoms with Gasteiger partial charge in [-0.05, 0) is 18.2 Å². The Morgan fingerprint density at radius 1 is 1.41 bits per heavy atom. The summed E-state index contributed by atoms with van der Waals surface area (Å²) in [6.07, 6.45) is 0.944. The van der Waals surface area contributed by atoms with Crippen LogP contribution in [0.5, 0.6) is 0 Å². The summed E-state index contributed by atoms with van der Waals surface area (Å²) < 4.78 is 7.12. The van der Waals surface area contributed by atoms with Crippen LogP contribution in [0.25, 0.3) is 0 Å². The summed E-state index contributed by atoms with van der Waals surface area (Å²) in [5, 5.41) is 3.36. The molecule has 0 atom stereocenters. The maximum Gasteiger partial charge on any atom is 0.255 e. The molecule has 22 heavy (non-hydrogen) atoms. The molecule has 2 rings (SSSR count). The van der Waals surface area contributed by atoms with Crippen molar-refractivity contribution in [2.24, 2.45) is 0 Å². The molecular formula is C17H29N3O2. The first-order valence-corrected chi connectivity index (χ1v) is 8.26. The maximum absolute atomic E-state index is 12.8. The van der Waals surface area contributed by atoms with Crippen molar-refractivity contribution >= 4 is 0 Å². The van der Waals surface area contributed by atoms with Gasteiger partial charge in [-0.25, -0.2) is 0 Å². The van der Waals surface area contributed by atoms with Crippen molar-refractivity contribution in [3.05, 3.63) is 33.2 Å². The molecule has 0 fully saturated rings. The first-order chi connectivity index (χ1) is 10.6. The van der Waals surface area contributed by atoms with Gasteiger partial charge in [0.05, 0.1) is 6.61 Å². The fourth-order valence-corrected chi connectivity index (χ4v) is 2.97. The molecule has 5 nitrogen and oxygen atoms in total. The number of ether oxygens (including phenoxy) is 1. The average Bonchev–Trinajstić information content (AvgIpc) is 2.51. The van der Waals surface area contributed by atoms with Crippen LogP contribution in [0.1, 0.15) is 37.6 Å². The molecule has 0 saturated carbocycles. The number of hydrogen-bond acceptors (Lipinski definition) is 4. The van der Waals surface area contributed by atoms with E-state index in [0.717, 1.165) is 31.6 Å². The van der Waals surface area contributed by atoms with Crippen molar-refractivity contribution < 1.29 is 4.74 Å². The van der Waals surface area contributed by atoms with Gasteiger partial charge in [-0.3, -0.25) is 9.69 Å². The first kappa shape index (κ1) is 17.2. The average molecular weight is 307 g/mol. The van der Waals surface area contributed by atoms with Crippen molar-refractivity contribution in [2.45, 2.75) is 52.9 Å². The third-order valence-corrected chi connectivity index (χ3v) is 4.29. The van der Waals surface area contributed by atoms with Crippen molar-refractivity contribution in [1.29, 1.82) is 0 Å². The molecule has 0 saturated heterocycles. The summed E-state index contributed by atoms with van der Waals surface area (Å²) in [6.45, 7) is 11.2. The molecule has 1 aliphatic heterocycles. The van der Waals surface area contributed by atoms with Crippen LogP contribution < -0.4 is 10.9 Å². The molecule has 1 N–H and O–H groups in total. The first-order valence-electron chi connectivity index (χ1n) is 8.26. The Hall–Kier alpha value is -1.17. The number of likely N-dealkylation sites (N-methyl/N-ethyl adjacent to an activating group) is 1. The molecule has 124 valence electrons. The summed E-state index contributed by atoms with van der Waals surface area (Å²) >= 11 is 0. The molecule has 0 amide bonds. The number of fused-ring (bicyclic) bond motifs is 1. The molecular weight excluding hydrogens is 278 g/mol. The lowest BCUT2D eigenvalue weighted by Crippen LogP contribution is -2.38. The SMILES string of the molecule is CCN1CCc2c(cc(CNC(C)C)c(=O)n2CCOC)C1. The van der Waals surface area contributed by atoms with Gasteiger partial charge in [0.15, 0.2) is 0 Å². The molecule has 5 heteroatoms. The third-order valence-electron chi connectivity index (χ3n) is 4.29. The lowest BCUT2D eigenvalue weighted by atomic mass is 10.0. The maximum atomic E-state index is 12.8. The van der Waals surface area contributed by atoms with E-state index in [1.165, 1.54) is 11.3 Å². The second-order valence-corrected chi connectivity index (χ2v) is 6.25. The van der Waals surface area contributed by atoms with Crippen molar-refractivity contribution in [3.63, 3.8) is 0 Å². The van der Waals surface area contributed by atoms with E-state index in [0.29, 0.717) is 25.7 Å². The van der Waals surface area contributed by atoms with Crippen molar-refractivity contribution in [2.75, 3.05) is 26.8 Å². The molecule has 1 aromatic heterocycles. The smallest absolute Gasteiger partial charge is 0.255 e. The predicted molar refractivity (Wildman–Crippen MR) is 89.2 cm³/mol. The minimum atomic E-state index is 0.133. The van der Waals surface area contributed by atoms with Crippen LogP contribution in [0.3, 0.4) is 0 Å². The topological polar surface area (TPSA) is 46.5 Å². The Morgan fingerprint density at radius 2 is 2.18 bits per heavy atom. The highest BCUT2D eigenvalue weighted by Gasteiger charge is 2.20.